The highest BCUT2D eigenvalue weighted by molar-refractivity contribution is 9.11. The Kier molecular flexibility index (Phi) is 2.15. The third kappa shape index (κ3) is 1.33. The van der Waals surface area contributed by atoms with Gasteiger partial charge in [0.15, 0.2) is 0 Å². The van der Waals surface area contributed by atoms with Gasteiger partial charge in [-0.15, -0.1) is 0 Å². The molecule has 4 rings (SSSR count). The molecule has 2 unspecified atom stereocenters. The summed E-state index contributed by atoms with van der Waals surface area (Å²) < 4.78 is 7.31. The van der Waals surface area contributed by atoms with Crippen molar-refractivity contribution in [3.05, 3.63) is 81.6 Å². The fraction of sp³-hybridized carbons (Fsp3) is 0.125. The number of fused-ring (bicyclic) bond motifs is 3. The number of hydrogen-bond acceptors (Lipinski definition) is 1. The second-order valence-electron chi connectivity index (χ2n) is 4.69. The van der Waals surface area contributed by atoms with Gasteiger partial charge in [-0.1, -0.05) is 58.5 Å². The molecule has 0 spiro atoms. The molecule has 0 bridgehead atoms. The smallest absolute Gasteiger partial charge is 0.143 e. The van der Waals surface area contributed by atoms with Crippen molar-refractivity contribution < 1.29 is 4.74 Å². The van der Waals surface area contributed by atoms with Crippen LogP contribution in [0.2, 0.25) is 0 Å². The van der Waals surface area contributed by atoms with Crippen LogP contribution in [0.15, 0.2) is 81.6 Å². The number of ether oxygens (including phenoxy) is 1. The van der Waals surface area contributed by atoms with Crippen LogP contribution < -0.4 is 0 Å². The minimum absolute atomic E-state index is 0.0853. The van der Waals surface area contributed by atoms with Crippen LogP contribution in [0.3, 0.4) is 0 Å². The number of halogens is 1. The lowest BCUT2D eigenvalue weighted by atomic mass is 9.85. The monoisotopic (exact) mass is 298 g/mol. The van der Waals surface area contributed by atoms with E-state index in [1.165, 1.54) is 21.2 Å². The van der Waals surface area contributed by atoms with Gasteiger partial charge in [0.25, 0.3) is 0 Å². The summed E-state index contributed by atoms with van der Waals surface area (Å²) in [7, 11) is 0. The third-order valence-electron chi connectivity index (χ3n) is 3.65. The topological polar surface area (TPSA) is 9.23 Å². The average Bonchev–Trinajstić information content (AvgIpc) is 2.78. The van der Waals surface area contributed by atoms with Gasteiger partial charge in [-0.25, -0.2) is 0 Å². The molecule has 0 radical (unpaired) electrons. The predicted molar refractivity (Wildman–Crippen MR) is 76.0 cm³/mol. The molecule has 0 fully saturated rings. The molecule has 0 saturated carbocycles. The maximum absolute atomic E-state index is 6.10. The predicted octanol–water partition coefficient (Wildman–Crippen LogP) is 4.10. The summed E-state index contributed by atoms with van der Waals surface area (Å²) in [5.41, 5.74) is 3.74. The zero-order valence-electron chi connectivity index (χ0n) is 9.64. The second-order valence-corrected chi connectivity index (χ2v) is 5.60. The highest BCUT2D eigenvalue weighted by Gasteiger charge is 2.35. The Hall–Kier alpha value is -1.54. The lowest BCUT2D eigenvalue weighted by molar-refractivity contribution is 0.210. The summed E-state index contributed by atoms with van der Waals surface area (Å²) in [5.74, 6) is 1.35. The first kappa shape index (κ1) is 10.4. The van der Waals surface area contributed by atoms with Gasteiger partial charge in [0.1, 0.15) is 11.9 Å². The first-order valence-electron chi connectivity index (χ1n) is 6.07. The fourth-order valence-electron chi connectivity index (χ4n) is 2.79. The molecule has 0 aromatic carbocycles. The van der Waals surface area contributed by atoms with E-state index >= 15 is 0 Å². The molecule has 4 aliphatic rings. The molecule has 1 aliphatic heterocycles. The van der Waals surface area contributed by atoms with Gasteiger partial charge in [-0.3, -0.25) is 0 Å². The molecule has 0 N–H and O–H groups in total. The van der Waals surface area contributed by atoms with Gasteiger partial charge in [0.05, 0.1) is 0 Å². The molecule has 1 nitrogen and oxygen atoms in total. The molecular formula is C16H11BrO. The molecule has 2 heteroatoms. The van der Waals surface area contributed by atoms with Crippen molar-refractivity contribution in [2.24, 2.45) is 5.92 Å². The Labute approximate surface area is 114 Å². The van der Waals surface area contributed by atoms with Crippen LogP contribution >= 0.6 is 15.9 Å². The molecule has 88 valence electrons. The zero-order chi connectivity index (χ0) is 12.1. The van der Waals surface area contributed by atoms with Crippen molar-refractivity contribution in [2.75, 3.05) is 0 Å². The Balaban J connectivity index is 1.95. The van der Waals surface area contributed by atoms with Gasteiger partial charge in [0.2, 0.25) is 0 Å². The van der Waals surface area contributed by atoms with Gasteiger partial charge in [-0.2, -0.15) is 0 Å². The van der Waals surface area contributed by atoms with E-state index in [-0.39, 0.29) is 6.10 Å². The van der Waals surface area contributed by atoms with Crippen molar-refractivity contribution in [1.82, 2.24) is 0 Å². The molecule has 0 amide bonds. The van der Waals surface area contributed by atoms with Gasteiger partial charge in [-0.05, 0) is 12.2 Å². The molecule has 1 heterocycles. The average molecular weight is 299 g/mol. The van der Waals surface area contributed by atoms with E-state index in [2.05, 4.69) is 64.5 Å². The fourth-order valence-corrected chi connectivity index (χ4v) is 3.42. The molecule has 3 aliphatic carbocycles. The van der Waals surface area contributed by atoms with E-state index in [0.29, 0.717) is 5.92 Å². The summed E-state index contributed by atoms with van der Waals surface area (Å²) in [6.07, 6.45) is 19.2. The van der Waals surface area contributed by atoms with E-state index in [0.717, 1.165) is 5.76 Å². The lowest BCUT2D eigenvalue weighted by Gasteiger charge is -2.24. The number of allylic oxidation sites excluding steroid dienone is 9. The highest BCUT2D eigenvalue weighted by atomic mass is 79.9. The van der Waals surface area contributed by atoms with Crippen LogP contribution in [0.4, 0.5) is 0 Å². The Bertz CT molecular complexity index is 638. The summed E-state index contributed by atoms with van der Waals surface area (Å²) in [4.78, 5) is 0. The molecule has 2 atom stereocenters. The van der Waals surface area contributed by atoms with Crippen molar-refractivity contribution in [3.63, 3.8) is 0 Å². The second kappa shape index (κ2) is 3.72. The van der Waals surface area contributed by atoms with Crippen LogP contribution in [-0.4, -0.2) is 6.10 Å². The van der Waals surface area contributed by atoms with Crippen LogP contribution in [-0.2, 0) is 4.74 Å². The lowest BCUT2D eigenvalue weighted by Crippen LogP contribution is -2.11. The first-order valence-corrected chi connectivity index (χ1v) is 6.86. The summed E-state index contributed by atoms with van der Waals surface area (Å²) in [6, 6.07) is 0. The molecule has 18 heavy (non-hydrogen) atoms. The summed E-state index contributed by atoms with van der Waals surface area (Å²) in [6.45, 7) is 0. The standard InChI is InChI=1S/C16H11BrO/c17-14-9-13-11-6-3-4-8-15(11)18-16(13)12-7-2-1-5-10(12)14/h1-10,15H. The zero-order valence-corrected chi connectivity index (χ0v) is 11.2. The molecule has 0 aromatic heterocycles. The van der Waals surface area contributed by atoms with Crippen molar-refractivity contribution in [1.29, 1.82) is 0 Å². The highest BCUT2D eigenvalue weighted by Crippen LogP contribution is 2.46. The van der Waals surface area contributed by atoms with E-state index in [9.17, 15) is 0 Å². The summed E-state index contributed by atoms with van der Waals surface area (Å²) >= 11 is 3.69. The van der Waals surface area contributed by atoms with Crippen LogP contribution in [0.5, 0.6) is 0 Å². The van der Waals surface area contributed by atoms with Crippen LogP contribution in [0.1, 0.15) is 0 Å². The minimum Gasteiger partial charge on any atom is -0.481 e. The van der Waals surface area contributed by atoms with Gasteiger partial charge in [0, 0.05) is 27.1 Å². The van der Waals surface area contributed by atoms with E-state index in [4.69, 9.17) is 4.74 Å². The quantitative estimate of drug-likeness (QED) is 0.654. The van der Waals surface area contributed by atoms with E-state index < -0.39 is 0 Å². The third-order valence-corrected chi connectivity index (χ3v) is 4.37. The summed E-state index contributed by atoms with van der Waals surface area (Å²) in [5, 5.41) is 0. The minimum atomic E-state index is 0.0853. The SMILES string of the molecule is BrC1=CC2=C3C=CC=CC3OC2=C2C=CC=CC12. The normalized spacial score (nSPS) is 31.1. The van der Waals surface area contributed by atoms with E-state index in [1.807, 2.05) is 6.08 Å². The Morgan fingerprint density at radius 1 is 0.944 bits per heavy atom. The van der Waals surface area contributed by atoms with Crippen molar-refractivity contribution in [3.8, 4) is 0 Å². The Morgan fingerprint density at radius 2 is 1.72 bits per heavy atom. The van der Waals surface area contributed by atoms with E-state index in [1.54, 1.807) is 0 Å². The number of hydrogen-bond donors (Lipinski definition) is 0. The van der Waals surface area contributed by atoms with Crippen LogP contribution in [0.25, 0.3) is 0 Å². The van der Waals surface area contributed by atoms with Gasteiger partial charge >= 0.3 is 0 Å². The maximum atomic E-state index is 6.10. The van der Waals surface area contributed by atoms with Crippen molar-refractivity contribution >= 4 is 15.9 Å². The van der Waals surface area contributed by atoms with Crippen molar-refractivity contribution in [2.45, 2.75) is 6.10 Å². The molecule has 0 saturated heterocycles. The van der Waals surface area contributed by atoms with Crippen LogP contribution in [0, 0.1) is 5.92 Å². The first-order chi connectivity index (χ1) is 8.84. The maximum Gasteiger partial charge on any atom is 0.143 e. The molecule has 0 aromatic rings. The Morgan fingerprint density at radius 3 is 2.61 bits per heavy atom. The largest absolute Gasteiger partial charge is 0.481 e. The number of rotatable bonds is 0. The van der Waals surface area contributed by atoms with Gasteiger partial charge < -0.3 is 4.74 Å². The molecular weight excluding hydrogens is 288 g/mol.